The van der Waals surface area contributed by atoms with Crippen molar-refractivity contribution < 1.29 is 27.8 Å². The molecule has 1 amide bonds. The third-order valence-electron chi connectivity index (χ3n) is 7.27. The number of anilines is 2. The summed E-state index contributed by atoms with van der Waals surface area (Å²) in [6.07, 6.45) is 4.52. The predicted molar refractivity (Wildman–Crippen MR) is 180 cm³/mol. The van der Waals surface area contributed by atoms with Crippen LogP contribution in [0, 0.1) is 11.6 Å². The first-order valence-corrected chi connectivity index (χ1v) is 15.1. The number of nitrogens with one attached hydrogen (secondary N) is 1. The van der Waals surface area contributed by atoms with Crippen molar-refractivity contribution in [2.75, 3.05) is 17.7 Å². The summed E-state index contributed by atoms with van der Waals surface area (Å²) in [4.78, 5) is 34.9. The maximum atomic E-state index is 15.4. The number of ether oxygens (including phenoxy) is 3. The smallest absolute Gasteiger partial charge is 0.271 e. The number of nitrogens with two attached hydrogens (primary N) is 1. The van der Waals surface area contributed by atoms with Gasteiger partial charge in [0.2, 0.25) is 5.95 Å². The Labute approximate surface area is 279 Å². The second kappa shape index (κ2) is 14.5. The van der Waals surface area contributed by atoms with Gasteiger partial charge in [-0.05, 0) is 73.2 Å². The molecule has 3 N–H and O–H groups in total. The lowest BCUT2D eigenvalue weighted by molar-refractivity contribution is 0.102. The summed E-state index contributed by atoms with van der Waals surface area (Å²) in [5, 5.41) is 2.56. The molecule has 0 aliphatic carbocycles. The van der Waals surface area contributed by atoms with E-state index in [2.05, 4.69) is 15.3 Å². The van der Waals surface area contributed by atoms with Gasteiger partial charge >= 0.3 is 0 Å². The van der Waals surface area contributed by atoms with Crippen molar-refractivity contribution in [2.45, 2.75) is 13.5 Å². The van der Waals surface area contributed by atoms with E-state index in [0.29, 0.717) is 34.9 Å². The summed E-state index contributed by atoms with van der Waals surface area (Å²) in [5.41, 5.74) is 7.26. The van der Waals surface area contributed by atoms with Crippen LogP contribution in [0.25, 0.3) is 16.8 Å². The third-order valence-corrected chi connectivity index (χ3v) is 7.27. The molecule has 0 aliphatic heterocycles. The molecule has 0 atom stereocenters. The molecule has 6 rings (SSSR count). The Bertz CT molecular complexity index is 2160. The highest BCUT2D eigenvalue weighted by molar-refractivity contribution is 6.06. The molecule has 49 heavy (non-hydrogen) atoms. The Morgan fingerprint density at radius 1 is 0.857 bits per heavy atom. The zero-order valence-corrected chi connectivity index (χ0v) is 26.1. The van der Waals surface area contributed by atoms with E-state index in [9.17, 15) is 14.0 Å². The summed E-state index contributed by atoms with van der Waals surface area (Å²) in [5.74, 6) is -1.23. The van der Waals surface area contributed by atoms with Gasteiger partial charge in [-0.25, -0.2) is 18.7 Å². The van der Waals surface area contributed by atoms with Crippen LogP contribution < -0.4 is 30.8 Å². The molecule has 12 heteroatoms. The number of nitrogens with zero attached hydrogens (tertiary/aromatic N) is 3. The third kappa shape index (κ3) is 7.54. The van der Waals surface area contributed by atoms with E-state index in [1.807, 2.05) is 30.3 Å². The Hall–Kier alpha value is -6.56. The summed E-state index contributed by atoms with van der Waals surface area (Å²) >= 11 is 0. The largest absolute Gasteiger partial charge is 0.493 e. The molecule has 2 heterocycles. The van der Waals surface area contributed by atoms with Crippen LogP contribution in [0.4, 0.5) is 20.4 Å². The van der Waals surface area contributed by atoms with Crippen LogP contribution in [0.1, 0.15) is 22.8 Å². The molecule has 6 aromatic rings. The van der Waals surface area contributed by atoms with Crippen molar-refractivity contribution in [2.24, 2.45) is 0 Å². The zero-order chi connectivity index (χ0) is 34.3. The van der Waals surface area contributed by atoms with Crippen molar-refractivity contribution in [1.29, 1.82) is 0 Å². The quantitative estimate of drug-likeness (QED) is 0.149. The maximum Gasteiger partial charge on any atom is 0.271 e. The number of hydrogen-bond acceptors (Lipinski definition) is 8. The number of carbonyl (C=O) groups excluding carboxylic acids is 1. The predicted octanol–water partition coefficient (Wildman–Crippen LogP) is 7.18. The topological polar surface area (TPSA) is 131 Å². The molecular weight excluding hydrogens is 632 g/mol. The summed E-state index contributed by atoms with van der Waals surface area (Å²) < 4.78 is 47.6. The maximum absolute atomic E-state index is 15.4. The van der Waals surface area contributed by atoms with Crippen LogP contribution in [0.3, 0.4) is 0 Å². The van der Waals surface area contributed by atoms with E-state index in [1.165, 1.54) is 53.2 Å². The molecule has 0 bridgehead atoms. The average molecular weight is 662 g/mol. The molecule has 0 spiro atoms. The molecule has 246 valence electrons. The van der Waals surface area contributed by atoms with E-state index < -0.39 is 23.1 Å². The summed E-state index contributed by atoms with van der Waals surface area (Å²) in [7, 11) is 0. The molecule has 10 nitrogen and oxygen atoms in total. The van der Waals surface area contributed by atoms with E-state index in [1.54, 1.807) is 37.5 Å². The summed E-state index contributed by atoms with van der Waals surface area (Å²) in [6.45, 7) is 2.20. The zero-order valence-electron chi connectivity index (χ0n) is 26.1. The number of hydrogen-bond donors (Lipinski definition) is 2. The lowest BCUT2D eigenvalue weighted by atomic mass is 10.1. The molecule has 0 unspecified atom stereocenters. The van der Waals surface area contributed by atoms with Gasteiger partial charge in [0.05, 0.1) is 6.61 Å². The number of rotatable bonds is 11. The van der Waals surface area contributed by atoms with Gasteiger partial charge < -0.3 is 25.3 Å². The van der Waals surface area contributed by atoms with Gasteiger partial charge in [0, 0.05) is 47.2 Å². The number of carbonyl (C=O) groups is 1. The van der Waals surface area contributed by atoms with Crippen molar-refractivity contribution in [3.8, 4) is 39.8 Å². The highest BCUT2D eigenvalue weighted by Crippen LogP contribution is 2.36. The number of aromatic nitrogens is 3. The second-order valence-corrected chi connectivity index (χ2v) is 10.6. The minimum absolute atomic E-state index is 0.0438. The fourth-order valence-corrected chi connectivity index (χ4v) is 4.93. The monoisotopic (exact) mass is 661 g/mol. The minimum Gasteiger partial charge on any atom is -0.493 e. The Balaban J connectivity index is 1.23. The molecule has 0 saturated carbocycles. The Morgan fingerprint density at radius 2 is 1.59 bits per heavy atom. The van der Waals surface area contributed by atoms with Crippen LogP contribution in [-0.4, -0.2) is 27.0 Å². The number of halogens is 2. The second-order valence-electron chi connectivity index (χ2n) is 10.6. The van der Waals surface area contributed by atoms with Gasteiger partial charge in [-0.3, -0.25) is 14.2 Å². The van der Waals surface area contributed by atoms with Crippen molar-refractivity contribution in [3.63, 3.8) is 0 Å². The average Bonchev–Trinajstić information content (AvgIpc) is 3.10. The lowest BCUT2D eigenvalue weighted by Gasteiger charge is -2.15. The van der Waals surface area contributed by atoms with Gasteiger partial charge in [-0.1, -0.05) is 30.3 Å². The molecule has 0 radical (unpaired) electrons. The molecule has 0 aliphatic rings. The first-order valence-electron chi connectivity index (χ1n) is 15.1. The standard InChI is InChI=1S/C37H29F2N5O5/c1-2-47-33-16-17-44(27-11-8-25(38)9-12-27)36(46)34(33)35(45)43-26-10-14-32(30(39)18-26)49-28-13-15-31(48-22-23-6-4-3-5-7-23)29(19-28)24-20-41-37(40)42-21-24/h3-21H,2,22H2,1H3,(H,43,45)(H2,40,41,42). The van der Waals surface area contributed by atoms with Crippen LogP contribution >= 0.6 is 0 Å². The highest BCUT2D eigenvalue weighted by atomic mass is 19.1. The van der Waals surface area contributed by atoms with E-state index in [0.717, 1.165) is 11.6 Å². The van der Waals surface area contributed by atoms with Gasteiger partial charge in [0.1, 0.15) is 35.2 Å². The molecule has 0 saturated heterocycles. The molecule has 2 aromatic heterocycles. The highest BCUT2D eigenvalue weighted by Gasteiger charge is 2.21. The molecular formula is C37H29F2N5O5. The summed E-state index contributed by atoms with van der Waals surface area (Å²) in [6, 6.07) is 25.2. The van der Waals surface area contributed by atoms with Crippen LogP contribution in [-0.2, 0) is 6.61 Å². The normalized spacial score (nSPS) is 10.8. The van der Waals surface area contributed by atoms with Gasteiger partial charge in [-0.2, -0.15) is 0 Å². The van der Waals surface area contributed by atoms with Crippen molar-refractivity contribution in [3.05, 3.63) is 149 Å². The first kappa shape index (κ1) is 32.4. The van der Waals surface area contributed by atoms with Gasteiger partial charge in [0.15, 0.2) is 11.6 Å². The van der Waals surface area contributed by atoms with Crippen molar-refractivity contribution >= 4 is 17.5 Å². The van der Waals surface area contributed by atoms with E-state index in [4.69, 9.17) is 19.9 Å². The molecule has 0 fully saturated rings. The van der Waals surface area contributed by atoms with Gasteiger partial charge in [-0.15, -0.1) is 0 Å². The van der Waals surface area contributed by atoms with Crippen LogP contribution in [0.2, 0.25) is 0 Å². The number of pyridine rings is 1. The van der Waals surface area contributed by atoms with Crippen molar-refractivity contribution in [1.82, 2.24) is 14.5 Å². The van der Waals surface area contributed by atoms with Crippen LogP contribution in [0.15, 0.2) is 120 Å². The fraction of sp³-hybridized carbons (Fsp3) is 0.0811. The van der Waals surface area contributed by atoms with E-state index >= 15 is 4.39 Å². The first-order chi connectivity index (χ1) is 23.8. The Morgan fingerprint density at radius 3 is 2.31 bits per heavy atom. The lowest BCUT2D eigenvalue weighted by Crippen LogP contribution is -2.29. The van der Waals surface area contributed by atoms with Gasteiger partial charge in [0.25, 0.3) is 11.5 Å². The van der Waals surface area contributed by atoms with Crippen LogP contribution in [0.5, 0.6) is 23.0 Å². The SMILES string of the molecule is CCOc1ccn(-c2ccc(F)cc2)c(=O)c1C(=O)Nc1ccc(Oc2ccc(OCc3ccccc3)c(-c3cnc(N)nc3)c2)c(F)c1. The number of amides is 1. The minimum atomic E-state index is -0.820. The fourth-order valence-electron chi connectivity index (χ4n) is 4.93. The Kier molecular flexibility index (Phi) is 9.56. The number of benzene rings is 4. The molecule has 4 aromatic carbocycles. The van der Waals surface area contributed by atoms with E-state index in [-0.39, 0.29) is 35.3 Å². The number of nitrogen functional groups attached to an aromatic ring is 1.